The summed E-state index contributed by atoms with van der Waals surface area (Å²) in [6.07, 6.45) is 9.23. The zero-order valence-corrected chi connectivity index (χ0v) is 16.0. The Kier molecular flexibility index (Phi) is 7.62. The van der Waals surface area contributed by atoms with Gasteiger partial charge in [0, 0.05) is 32.3 Å². The highest BCUT2D eigenvalue weighted by Crippen LogP contribution is 2.30. The maximum absolute atomic E-state index is 5.97. The van der Waals surface area contributed by atoms with E-state index in [1.807, 2.05) is 6.07 Å². The number of nitrogens with zero attached hydrogens (tertiary/aromatic N) is 1. The molecule has 2 saturated carbocycles. The first-order valence-corrected chi connectivity index (χ1v) is 10.1. The number of guanidine groups is 1. The number of para-hydroxylation sites is 1. The van der Waals surface area contributed by atoms with E-state index in [1.54, 1.807) is 7.05 Å². The third-order valence-corrected chi connectivity index (χ3v) is 5.08. The quantitative estimate of drug-likeness (QED) is 0.381. The maximum atomic E-state index is 5.97. The second-order valence-electron chi connectivity index (χ2n) is 7.35. The number of nitrogens with one attached hydrogen (secondary N) is 2. The molecule has 0 radical (unpaired) electrons. The molecule has 2 N–H and O–H groups in total. The highest BCUT2D eigenvalue weighted by atomic mass is 16.5. The van der Waals surface area contributed by atoms with Crippen LogP contribution in [0.25, 0.3) is 0 Å². The van der Waals surface area contributed by atoms with Gasteiger partial charge in [0.1, 0.15) is 5.75 Å². The summed E-state index contributed by atoms with van der Waals surface area (Å²) >= 11 is 0. The molecule has 0 atom stereocenters. The van der Waals surface area contributed by atoms with Crippen molar-refractivity contribution in [3.05, 3.63) is 29.8 Å². The summed E-state index contributed by atoms with van der Waals surface area (Å²) in [5, 5.41) is 6.74. The summed E-state index contributed by atoms with van der Waals surface area (Å²) in [5.41, 5.74) is 1.17. The van der Waals surface area contributed by atoms with E-state index in [1.165, 1.54) is 44.1 Å². The smallest absolute Gasteiger partial charge is 0.191 e. The van der Waals surface area contributed by atoms with E-state index in [2.05, 4.69) is 33.8 Å². The van der Waals surface area contributed by atoms with Crippen LogP contribution in [0, 0.1) is 5.92 Å². The minimum atomic E-state index is 0.500. The van der Waals surface area contributed by atoms with Crippen molar-refractivity contribution < 1.29 is 9.47 Å². The molecule has 0 heterocycles. The van der Waals surface area contributed by atoms with Crippen molar-refractivity contribution in [3.63, 3.8) is 0 Å². The van der Waals surface area contributed by atoms with Crippen molar-refractivity contribution in [1.82, 2.24) is 10.6 Å². The second-order valence-corrected chi connectivity index (χ2v) is 7.35. The highest BCUT2D eigenvalue weighted by Gasteiger charge is 2.22. The molecule has 0 unspecified atom stereocenters. The Morgan fingerprint density at radius 3 is 2.69 bits per heavy atom. The summed E-state index contributed by atoms with van der Waals surface area (Å²) in [7, 11) is 1.81. The van der Waals surface area contributed by atoms with Gasteiger partial charge in [-0.25, -0.2) is 0 Å². The Balaban J connectivity index is 1.34. The van der Waals surface area contributed by atoms with Crippen molar-refractivity contribution in [2.45, 2.75) is 57.6 Å². The fraction of sp³-hybridized carbons (Fsp3) is 0.667. The van der Waals surface area contributed by atoms with Crippen LogP contribution in [-0.4, -0.2) is 38.9 Å². The molecule has 1 aromatic rings. The lowest BCUT2D eigenvalue weighted by Gasteiger charge is -2.15. The normalized spacial score (nSPS) is 18.1. The first-order chi connectivity index (χ1) is 12.8. The lowest BCUT2D eigenvalue weighted by molar-refractivity contribution is 0.0574. The summed E-state index contributed by atoms with van der Waals surface area (Å²) < 4.78 is 11.9. The van der Waals surface area contributed by atoms with Crippen LogP contribution in [0.15, 0.2) is 29.3 Å². The van der Waals surface area contributed by atoms with E-state index in [-0.39, 0.29) is 0 Å². The van der Waals surface area contributed by atoms with Gasteiger partial charge in [0.05, 0.1) is 12.7 Å². The van der Waals surface area contributed by atoms with E-state index in [4.69, 9.17) is 9.47 Å². The van der Waals surface area contributed by atoms with Gasteiger partial charge in [0.25, 0.3) is 0 Å². The SMILES string of the molecule is CN=C(NCCCOC1CCCC1)NCc1ccccc1OCC1CC1. The van der Waals surface area contributed by atoms with Crippen LogP contribution in [-0.2, 0) is 11.3 Å². The first kappa shape index (κ1) is 19.0. The van der Waals surface area contributed by atoms with Gasteiger partial charge in [-0.1, -0.05) is 31.0 Å². The minimum absolute atomic E-state index is 0.500. The fourth-order valence-corrected chi connectivity index (χ4v) is 3.27. The highest BCUT2D eigenvalue weighted by molar-refractivity contribution is 5.79. The largest absolute Gasteiger partial charge is 0.493 e. The molecular formula is C21H33N3O2. The van der Waals surface area contributed by atoms with Gasteiger partial charge in [-0.05, 0) is 44.1 Å². The Morgan fingerprint density at radius 2 is 1.92 bits per heavy atom. The van der Waals surface area contributed by atoms with Gasteiger partial charge in [-0.2, -0.15) is 0 Å². The Bertz CT molecular complexity index is 566. The third-order valence-electron chi connectivity index (χ3n) is 5.08. The monoisotopic (exact) mass is 359 g/mol. The molecule has 0 aliphatic heterocycles. The van der Waals surface area contributed by atoms with Crippen molar-refractivity contribution in [2.24, 2.45) is 10.9 Å². The van der Waals surface area contributed by atoms with E-state index < -0.39 is 0 Å². The predicted octanol–water partition coefficient (Wildman–Crippen LogP) is 3.49. The first-order valence-electron chi connectivity index (χ1n) is 10.1. The summed E-state index contributed by atoms with van der Waals surface area (Å²) in [5.74, 6) is 2.56. The van der Waals surface area contributed by atoms with Crippen LogP contribution in [0.2, 0.25) is 0 Å². The molecule has 0 saturated heterocycles. The molecule has 3 rings (SSSR count). The van der Waals surface area contributed by atoms with Gasteiger partial charge in [-0.3, -0.25) is 4.99 Å². The van der Waals surface area contributed by atoms with Gasteiger partial charge >= 0.3 is 0 Å². The molecule has 2 fully saturated rings. The van der Waals surface area contributed by atoms with E-state index in [9.17, 15) is 0 Å². The molecule has 0 bridgehead atoms. The molecule has 5 nitrogen and oxygen atoms in total. The Morgan fingerprint density at radius 1 is 1.12 bits per heavy atom. The van der Waals surface area contributed by atoms with Gasteiger partial charge in [0.2, 0.25) is 0 Å². The van der Waals surface area contributed by atoms with Crippen molar-refractivity contribution in [3.8, 4) is 5.75 Å². The average molecular weight is 360 g/mol. The molecule has 144 valence electrons. The molecule has 0 spiro atoms. The van der Waals surface area contributed by atoms with Gasteiger partial charge in [-0.15, -0.1) is 0 Å². The van der Waals surface area contributed by atoms with Crippen LogP contribution < -0.4 is 15.4 Å². The van der Waals surface area contributed by atoms with Gasteiger partial charge in [0.15, 0.2) is 5.96 Å². The molecule has 26 heavy (non-hydrogen) atoms. The number of rotatable bonds is 10. The average Bonchev–Trinajstić information content (AvgIpc) is 3.36. The second kappa shape index (κ2) is 10.4. The molecule has 0 aromatic heterocycles. The lowest BCUT2D eigenvalue weighted by atomic mass is 10.2. The van der Waals surface area contributed by atoms with Crippen LogP contribution in [0.1, 0.15) is 50.5 Å². The topological polar surface area (TPSA) is 54.9 Å². The zero-order valence-electron chi connectivity index (χ0n) is 16.0. The number of benzene rings is 1. The van der Waals surface area contributed by atoms with E-state index in [0.29, 0.717) is 12.6 Å². The lowest BCUT2D eigenvalue weighted by Crippen LogP contribution is -2.37. The predicted molar refractivity (Wildman–Crippen MR) is 106 cm³/mol. The molecule has 2 aliphatic carbocycles. The Hall–Kier alpha value is -1.75. The summed E-state index contributed by atoms with van der Waals surface area (Å²) in [4.78, 5) is 4.30. The van der Waals surface area contributed by atoms with Crippen LogP contribution in [0.3, 0.4) is 0 Å². The molecule has 5 heteroatoms. The standard InChI is InChI=1S/C21H33N3O2/c1-22-21(23-13-6-14-25-19-8-3-4-9-19)24-15-18-7-2-5-10-20(18)26-16-17-11-12-17/h2,5,7,10,17,19H,3-4,6,8-9,11-16H2,1H3,(H2,22,23,24). The number of aliphatic imine (C=N–C) groups is 1. The van der Waals surface area contributed by atoms with E-state index >= 15 is 0 Å². The number of hydrogen-bond acceptors (Lipinski definition) is 3. The third kappa shape index (κ3) is 6.52. The summed E-state index contributed by atoms with van der Waals surface area (Å²) in [6, 6.07) is 8.24. The van der Waals surface area contributed by atoms with Crippen molar-refractivity contribution >= 4 is 5.96 Å². The Labute approximate surface area is 157 Å². The van der Waals surface area contributed by atoms with Crippen LogP contribution in [0.5, 0.6) is 5.75 Å². The number of ether oxygens (including phenoxy) is 2. The molecular weight excluding hydrogens is 326 g/mol. The molecule has 1 aromatic carbocycles. The van der Waals surface area contributed by atoms with E-state index in [0.717, 1.165) is 43.8 Å². The maximum Gasteiger partial charge on any atom is 0.191 e. The van der Waals surface area contributed by atoms with Crippen LogP contribution in [0.4, 0.5) is 0 Å². The zero-order chi connectivity index (χ0) is 18.0. The van der Waals surface area contributed by atoms with Crippen LogP contribution >= 0.6 is 0 Å². The minimum Gasteiger partial charge on any atom is -0.493 e. The molecule has 0 amide bonds. The fourth-order valence-electron chi connectivity index (χ4n) is 3.27. The van der Waals surface area contributed by atoms with Crippen molar-refractivity contribution in [2.75, 3.05) is 26.8 Å². The summed E-state index contributed by atoms with van der Waals surface area (Å²) in [6.45, 7) is 3.24. The number of hydrogen-bond donors (Lipinski definition) is 2. The molecule has 2 aliphatic rings. The van der Waals surface area contributed by atoms with Crippen molar-refractivity contribution in [1.29, 1.82) is 0 Å². The van der Waals surface area contributed by atoms with Gasteiger partial charge < -0.3 is 20.1 Å².